The number of ether oxygens (including phenoxy) is 1. The van der Waals surface area contributed by atoms with E-state index >= 15 is 0 Å². The summed E-state index contributed by atoms with van der Waals surface area (Å²) in [6.07, 6.45) is 2.00. The van der Waals surface area contributed by atoms with Gasteiger partial charge >= 0.3 is 5.97 Å². The Balaban J connectivity index is 0.00000312. The summed E-state index contributed by atoms with van der Waals surface area (Å²) in [7, 11) is 1.36. The Kier molecular flexibility index (Phi) is 10.6. The fourth-order valence-corrected chi connectivity index (χ4v) is 2.45. The number of hydrogen-bond donors (Lipinski definition) is 3. The average molecular weight is 398 g/mol. The van der Waals surface area contributed by atoms with Gasteiger partial charge in [-0.05, 0) is 29.5 Å². The van der Waals surface area contributed by atoms with Gasteiger partial charge in [-0.3, -0.25) is 10.2 Å². The molecule has 0 aliphatic heterocycles. The molecule has 0 aliphatic carbocycles. The first-order valence-corrected chi connectivity index (χ1v) is 7.84. The van der Waals surface area contributed by atoms with Crippen LogP contribution in [0.15, 0.2) is 48.5 Å². The van der Waals surface area contributed by atoms with Gasteiger partial charge in [0.1, 0.15) is 5.84 Å². The molecular weight excluding hydrogens is 373 g/mol. The number of nitrogens with one attached hydrogen (secondary N) is 1. The highest BCUT2D eigenvalue weighted by atomic mass is 35.5. The molecule has 142 valence electrons. The quantitative estimate of drug-likeness (QED) is 0.379. The van der Waals surface area contributed by atoms with Crippen molar-refractivity contribution in [3.05, 3.63) is 70.8 Å². The van der Waals surface area contributed by atoms with Crippen molar-refractivity contribution in [2.75, 3.05) is 7.11 Å². The lowest BCUT2D eigenvalue weighted by molar-refractivity contribution is -0.141. The van der Waals surface area contributed by atoms with Crippen LogP contribution in [0.5, 0.6) is 0 Å². The van der Waals surface area contributed by atoms with Gasteiger partial charge in [0.25, 0.3) is 0 Å². The average Bonchev–Trinajstić information content (AvgIpc) is 2.60. The molecule has 7 heteroatoms. The maximum Gasteiger partial charge on any atom is 0.307 e. The Morgan fingerprint density at radius 2 is 1.46 bits per heavy atom. The molecule has 0 aliphatic rings. The van der Waals surface area contributed by atoms with E-state index in [-0.39, 0.29) is 49.1 Å². The van der Waals surface area contributed by atoms with Crippen molar-refractivity contribution in [2.24, 2.45) is 11.5 Å². The minimum atomic E-state index is -0.342. The summed E-state index contributed by atoms with van der Waals surface area (Å²) in [4.78, 5) is 11.3. The van der Waals surface area contributed by atoms with Gasteiger partial charge in [0.2, 0.25) is 0 Å². The van der Waals surface area contributed by atoms with E-state index in [1.165, 1.54) is 18.2 Å². The van der Waals surface area contributed by atoms with E-state index in [1.54, 1.807) is 0 Å². The van der Waals surface area contributed by atoms with Crippen LogP contribution >= 0.6 is 24.8 Å². The number of rotatable bonds is 7. The summed E-state index contributed by atoms with van der Waals surface area (Å²) in [5, 5.41) is 7.39. The fourth-order valence-electron chi connectivity index (χ4n) is 2.45. The molecule has 0 spiro atoms. The van der Waals surface area contributed by atoms with Crippen LogP contribution in [0.2, 0.25) is 0 Å². The molecule has 2 aromatic carbocycles. The number of methoxy groups -OCH3 is 1. The number of halogens is 2. The summed E-state index contributed by atoms with van der Waals surface area (Å²) >= 11 is 0. The monoisotopic (exact) mass is 397 g/mol. The van der Waals surface area contributed by atoms with Crippen molar-refractivity contribution >= 4 is 36.6 Å². The Morgan fingerprint density at radius 3 is 1.88 bits per heavy atom. The summed E-state index contributed by atoms with van der Waals surface area (Å²) < 4.78 is 4.64. The highest BCUT2D eigenvalue weighted by Crippen LogP contribution is 2.16. The van der Waals surface area contributed by atoms with Crippen LogP contribution in [-0.2, 0) is 22.4 Å². The molecule has 0 amide bonds. The number of carbonyl (C=O) groups excluding carboxylic acids is 1. The first-order valence-electron chi connectivity index (χ1n) is 7.84. The lowest BCUT2D eigenvalue weighted by Gasteiger charge is -2.11. The molecule has 0 heterocycles. The van der Waals surface area contributed by atoms with Gasteiger partial charge in [0.05, 0.1) is 13.5 Å². The van der Waals surface area contributed by atoms with Crippen molar-refractivity contribution in [3.63, 3.8) is 0 Å². The fraction of sp³-hybridized carbons (Fsp3) is 0.263. The van der Waals surface area contributed by atoms with Gasteiger partial charge < -0.3 is 16.2 Å². The first-order chi connectivity index (χ1) is 11.5. The highest BCUT2D eigenvalue weighted by molar-refractivity contribution is 5.94. The summed E-state index contributed by atoms with van der Waals surface area (Å²) in [6, 6.07) is 15.4. The molecule has 1 atom stereocenters. The van der Waals surface area contributed by atoms with E-state index in [1.807, 2.05) is 48.5 Å². The van der Waals surface area contributed by atoms with Gasteiger partial charge in [0.15, 0.2) is 0 Å². The molecule has 0 aromatic heterocycles. The lowest BCUT2D eigenvalue weighted by atomic mass is 9.99. The van der Waals surface area contributed by atoms with Crippen molar-refractivity contribution in [3.8, 4) is 0 Å². The summed E-state index contributed by atoms with van der Waals surface area (Å²) in [6.45, 7) is 0. The number of nitrogens with two attached hydrogens (primary N) is 2. The van der Waals surface area contributed by atoms with Gasteiger partial charge in [-0.1, -0.05) is 48.5 Å². The molecular formula is C19H25Cl2N3O2. The second-order valence-corrected chi connectivity index (χ2v) is 5.74. The minimum absolute atomic E-state index is 0. The predicted octanol–water partition coefficient (Wildman–Crippen LogP) is 3.16. The Hall–Kier alpha value is -2.08. The Bertz CT molecular complexity index is 704. The Labute approximate surface area is 166 Å². The molecule has 2 aromatic rings. The molecule has 0 saturated carbocycles. The number of amidine groups is 1. The number of nitrogen functional groups attached to an aromatic ring is 1. The van der Waals surface area contributed by atoms with E-state index in [4.69, 9.17) is 16.9 Å². The topological polar surface area (TPSA) is 102 Å². The van der Waals surface area contributed by atoms with E-state index < -0.39 is 0 Å². The molecule has 2 rings (SSSR count). The summed E-state index contributed by atoms with van der Waals surface area (Å²) in [5.41, 5.74) is 15.5. The van der Waals surface area contributed by atoms with Gasteiger partial charge in [-0.25, -0.2) is 0 Å². The van der Waals surface area contributed by atoms with E-state index in [9.17, 15) is 4.79 Å². The van der Waals surface area contributed by atoms with Crippen molar-refractivity contribution in [2.45, 2.75) is 25.3 Å². The SMILES string of the molecule is COC(=O)CC(N)c1ccc(CCc2ccc(C(=N)N)cc2)cc1.Cl.Cl. The lowest BCUT2D eigenvalue weighted by Crippen LogP contribution is -2.16. The molecule has 26 heavy (non-hydrogen) atoms. The molecule has 5 nitrogen and oxygen atoms in total. The number of hydrogen-bond acceptors (Lipinski definition) is 4. The first kappa shape index (κ1) is 23.9. The van der Waals surface area contributed by atoms with Crippen LogP contribution in [0.1, 0.15) is 34.7 Å². The number of carbonyl (C=O) groups is 1. The minimum Gasteiger partial charge on any atom is -0.469 e. The van der Waals surface area contributed by atoms with Crippen molar-refractivity contribution in [1.29, 1.82) is 5.41 Å². The van der Waals surface area contributed by atoms with Gasteiger partial charge in [-0.2, -0.15) is 0 Å². The van der Waals surface area contributed by atoms with Crippen LogP contribution in [0.4, 0.5) is 0 Å². The maximum absolute atomic E-state index is 11.3. The Morgan fingerprint density at radius 1 is 1.00 bits per heavy atom. The second kappa shape index (κ2) is 11.5. The standard InChI is InChI=1S/C19H23N3O2.2ClH/c1-24-18(23)12-17(20)15-8-4-13(5-9-15)2-3-14-6-10-16(11-7-14)19(21)22;;/h4-11,17H,2-3,12,20H2,1H3,(H3,21,22);2*1H. The zero-order valence-corrected chi connectivity index (χ0v) is 16.2. The molecule has 0 saturated heterocycles. The zero-order valence-electron chi connectivity index (χ0n) is 14.6. The van der Waals surface area contributed by atoms with Crippen LogP contribution in [-0.4, -0.2) is 18.9 Å². The second-order valence-electron chi connectivity index (χ2n) is 5.74. The molecule has 0 fully saturated rings. The number of esters is 1. The third kappa shape index (κ3) is 7.04. The van der Waals surface area contributed by atoms with E-state index in [0.717, 1.165) is 24.0 Å². The number of aryl methyl sites for hydroxylation is 2. The summed E-state index contributed by atoms with van der Waals surface area (Å²) in [5.74, 6) is -0.221. The highest BCUT2D eigenvalue weighted by Gasteiger charge is 2.11. The third-order valence-corrected chi connectivity index (χ3v) is 3.99. The van der Waals surface area contributed by atoms with Crippen LogP contribution in [0, 0.1) is 5.41 Å². The van der Waals surface area contributed by atoms with Gasteiger partial charge in [0, 0.05) is 11.6 Å². The normalized spacial score (nSPS) is 10.8. The molecule has 5 N–H and O–H groups in total. The van der Waals surface area contributed by atoms with E-state index in [0.29, 0.717) is 0 Å². The van der Waals surface area contributed by atoms with Crippen LogP contribution in [0.3, 0.4) is 0 Å². The number of benzene rings is 2. The molecule has 0 bridgehead atoms. The maximum atomic E-state index is 11.3. The largest absolute Gasteiger partial charge is 0.469 e. The predicted molar refractivity (Wildman–Crippen MR) is 109 cm³/mol. The smallest absolute Gasteiger partial charge is 0.307 e. The molecule has 1 unspecified atom stereocenters. The van der Waals surface area contributed by atoms with Crippen molar-refractivity contribution in [1.82, 2.24) is 0 Å². The third-order valence-electron chi connectivity index (χ3n) is 3.99. The zero-order chi connectivity index (χ0) is 17.5. The van der Waals surface area contributed by atoms with Crippen LogP contribution < -0.4 is 11.5 Å². The molecule has 0 radical (unpaired) electrons. The van der Waals surface area contributed by atoms with Crippen molar-refractivity contribution < 1.29 is 9.53 Å². The van der Waals surface area contributed by atoms with Crippen LogP contribution in [0.25, 0.3) is 0 Å². The van der Waals surface area contributed by atoms with Gasteiger partial charge in [-0.15, -0.1) is 24.8 Å². The van der Waals surface area contributed by atoms with E-state index in [2.05, 4.69) is 4.74 Å².